The summed E-state index contributed by atoms with van der Waals surface area (Å²) in [5.74, 6) is -1.16. The van der Waals surface area contributed by atoms with Crippen molar-refractivity contribution in [3.05, 3.63) is 93.2 Å². The Kier molecular flexibility index (Phi) is 7.56. The minimum atomic E-state index is -4.07. The van der Waals surface area contributed by atoms with Gasteiger partial charge in [-0.25, -0.2) is 12.8 Å². The fourth-order valence-electron chi connectivity index (χ4n) is 2.75. The predicted octanol–water partition coefficient (Wildman–Crippen LogP) is 5.62. The molecule has 0 fully saturated rings. The van der Waals surface area contributed by atoms with Crippen LogP contribution in [0.5, 0.6) is 0 Å². The van der Waals surface area contributed by atoms with Gasteiger partial charge in [-0.2, -0.15) is 4.31 Å². The highest BCUT2D eigenvalue weighted by atomic mass is 35.5. The lowest BCUT2D eigenvalue weighted by Gasteiger charge is -2.22. The molecule has 5 nitrogen and oxygen atoms in total. The van der Waals surface area contributed by atoms with Gasteiger partial charge in [0.15, 0.2) is 0 Å². The van der Waals surface area contributed by atoms with Gasteiger partial charge in [0.25, 0.3) is 0 Å². The Morgan fingerprint density at radius 2 is 1.65 bits per heavy atom. The molecule has 0 atom stereocenters. The quantitative estimate of drug-likeness (QED) is 0.457. The predicted molar refractivity (Wildman–Crippen MR) is 121 cm³/mol. The molecule has 0 aliphatic carbocycles. The van der Waals surface area contributed by atoms with E-state index in [1.165, 1.54) is 48.5 Å². The van der Waals surface area contributed by atoms with Gasteiger partial charge in [-0.05, 0) is 60.2 Å². The maximum Gasteiger partial charge on any atom is 0.243 e. The van der Waals surface area contributed by atoms with Crippen LogP contribution in [0.25, 0.3) is 0 Å². The van der Waals surface area contributed by atoms with Crippen molar-refractivity contribution >= 4 is 56.4 Å². The molecule has 0 saturated heterocycles. The first-order valence-electron chi connectivity index (χ1n) is 8.90. The van der Waals surface area contributed by atoms with Crippen molar-refractivity contribution in [2.45, 2.75) is 11.4 Å². The third-order valence-electron chi connectivity index (χ3n) is 4.22. The van der Waals surface area contributed by atoms with Crippen LogP contribution in [0.2, 0.25) is 15.1 Å². The van der Waals surface area contributed by atoms with E-state index in [4.69, 9.17) is 34.8 Å². The number of amides is 1. The molecule has 0 radical (unpaired) electrons. The molecule has 3 aromatic rings. The number of nitrogens with zero attached hydrogens (tertiary/aromatic N) is 1. The zero-order chi connectivity index (χ0) is 22.6. The van der Waals surface area contributed by atoms with Gasteiger partial charge in [0, 0.05) is 17.3 Å². The highest BCUT2D eigenvalue weighted by Crippen LogP contribution is 2.25. The normalized spacial score (nSPS) is 11.5. The highest BCUT2D eigenvalue weighted by molar-refractivity contribution is 7.89. The van der Waals surface area contributed by atoms with Crippen LogP contribution >= 0.6 is 34.8 Å². The van der Waals surface area contributed by atoms with Gasteiger partial charge in [0.2, 0.25) is 15.9 Å². The molecule has 3 aromatic carbocycles. The van der Waals surface area contributed by atoms with E-state index in [0.29, 0.717) is 15.6 Å². The van der Waals surface area contributed by atoms with Crippen molar-refractivity contribution in [1.82, 2.24) is 4.31 Å². The van der Waals surface area contributed by atoms with Crippen LogP contribution < -0.4 is 5.32 Å². The number of hydrogen-bond acceptors (Lipinski definition) is 3. The number of sulfonamides is 1. The summed E-state index contributed by atoms with van der Waals surface area (Å²) in [5, 5.41) is 3.45. The molecule has 0 aromatic heterocycles. The Hall–Kier alpha value is -2.16. The van der Waals surface area contributed by atoms with E-state index in [2.05, 4.69) is 5.32 Å². The summed E-state index contributed by atoms with van der Waals surface area (Å²) in [6.45, 7) is -0.653. The number of carbonyl (C=O) groups is 1. The van der Waals surface area contributed by atoms with Gasteiger partial charge in [-0.3, -0.25) is 4.79 Å². The third-order valence-corrected chi connectivity index (χ3v) is 7.02. The maximum absolute atomic E-state index is 13.4. The molecule has 0 saturated carbocycles. The first-order valence-corrected chi connectivity index (χ1v) is 11.5. The smallest absolute Gasteiger partial charge is 0.243 e. The van der Waals surface area contributed by atoms with E-state index < -0.39 is 28.3 Å². The summed E-state index contributed by atoms with van der Waals surface area (Å²) >= 11 is 17.8. The number of carbonyl (C=O) groups excluding carboxylic acids is 1. The number of halogens is 4. The van der Waals surface area contributed by atoms with Crippen LogP contribution in [0.1, 0.15) is 5.56 Å². The average molecular weight is 502 g/mol. The van der Waals surface area contributed by atoms with Crippen molar-refractivity contribution in [2.24, 2.45) is 0 Å². The van der Waals surface area contributed by atoms with Crippen molar-refractivity contribution in [3.63, 3.8) is 0 Å². The Morgan fingerprint density at radius 1 is 0.935 bits per heavy atom. The fraction of sp³-hybridized carbons (Fsp3) is 0.0952. The first-order chi connectivity index (χ1) is 14.6. The fourth-order valence-corrected chi connectivity index (χ4v) is 4.58. The second kappa shape index (κ2) is 9.97. The van der Waals surface area contributed by atoms with E-state index in [-0.39, 0.29) is 22.2 Å². The summed E-state index contributed by atoms with van der Waals surface area (Å²) in [7, 11) is -4.07. The van der Waals surface area contributed by atoms with Crippen LogP contribution in [0, 0.1) is 5.82 Å². The van der Waals surface area contributed by atoms with Gasteiger partial charge in [-0.15, -0.1) is 0 Å². The van der Waals surface area contributed by atoms with Gasteiger partial charge in [-0.1, -0.05) is 46.9 Å². The highest BCUT2D eigenvalue weighted by Gasteiger charge is 2.27. The molecule has 0 spiro atoms. The Bertz CT molecular complexity index is 1200. The molecule has 0 heterocycles. The van der Waals surface area contributed by atoms with E-state index in [0.717, 1.165) is 10.4 Å². The van der Waals surface area contributed by atoms with Gasteiger partial charge in [0.05, 0.1) is 21.5 Å². The number of nitrogens with one attached hydrogen (secondary N) is 1. The van der Waals surface area contributed by atoms with E-state index in [1.807, 2.05) is 0 Å². The summed E-state index contributed by atoms with van der Waals surface area (Å²) in [6.07, 6.45) is 0. The summed E-state index contributed by atoms with van der Waals surface area (Å²) in [5.41, 5.74) is 0.744. The molecular formula is C21H16Cl3FN2O3S. The Morgan fingerprint density at radius 3 is 2.29 bits per heavy atom. The van der Waals surface area contributed by atoms with Crippen molar-refractivity contribution in [2.75, 3.05) is 11.9 Å². The zero-order valence-corrected chi connectivity index (χ0v) is 18.9. The van der Waals surface area contributed by atoms with Crippen LogP contribution in [-0.4, -0.2) is 25.2 Å². The van der Waals surface area contributed by atoms with Crippen LogP contribution in [0.4, 0.5) is 10.1 Å². The van der Waals surface area contributed by atoms with Crippen molar-refractivity contribution in [3.8, 4) is 0 Å². The average Bonchev–Trinajstić information content (AvgIpc) is 2.70. The minimum absolute atomic E-state index is 0.0319. The number of hydrogen-bond donors (Lipinski definition) is 1. The number of anilines is 1. The second-order valence-corrected chi connectivity index (χ2v) is 9.72. The van der Waals surface area contributed by atoms with Gasteiger partial charge >= 0.3 is 0 Å². The molecule has 1 amide bonds. The van der Waals surface area contributed by atoms with E-state index in [9.17, 15) is 17.6 Å². The molecule has 10 heteroatoms. The van der Waals surface area contributed by atoms with Crippen molar-refractivity contribution < 1.29 is 17.6 Å². The molecule has 0 aliphatic heterocycles. The number of rotatable bonds is 7. The van der Waals surface area contributed by atoms with Crippen LogP contribution in [0.15, 0.2) is 71.6 Å². The zero-order valence-electron chi connectivity index (χ0n) is 15.9. The minimum Gasteiger partial charge on any atom is -0.325 e. The third kappa shape index (κ3) is 6.18. The van der Waals surface area contributed by atoms with Crippen LogP contribution in [0.3, 0.4) is 0 Å². The lowest BCUT2D eigenvalue weighted by atomic mass is 10.2. The topological polar surface area (TPSA) is 66.5 Å². The molecule has 0 bridgehead atoms. The molecule has 3 rings (SSSR count). The Balaban J connectivity index is 1.90. The SMILES string of the molecule is O=C(CN(Cc1ccc(Cl)c(Cl)c1)S(=O)(=O)c1ccc(Cl)cc1)Nc1cccc(F)c1. The largest absolute Gasteiger partial charge is 0.325 e. The molecule has 31 heavy (non-hydrogen) atoms. The monoisotopic (exact) mass is 500 g/mol. The Labute approximate surface area is 194 Å². The van der Waals surface area contributed by atoms with Crippen LogP contribution in [-0.2, 0) is 21.4 Å². The summed E-state index contributed by atoms with van der Waals surface area (Å²) in [4.78, 5) is 12.5. The lowest BCUT2D eigenvalue weighted by Crippen LogP contribution is -2.37. The number of benzene rings is 3. The lowest BCUT2D eigenvalue weighted by molar-refractivity contribution is -0.116. The van der Waals surface area contributed by atoms with E-state index >= 15 is 0 Å². The summed E-state index contributed by atoms with van der Waals surface area (Å²) in [6, 6.07) is 15.6. The summed E-state index contributed by atoms with van der Waals surface area (Å²) < 4.78 is 40.8. The second-order valence-electron chi connectivity index (χ2n) is 6.53. The molecule has 0 aliphatic rings. The molecule has 0 unspecified atom stereocenters. The first kappa shape index (κ1) is 23.5. The van der Waals surface area contributed by atoms with Gasteiger partial charge < -0.3 is 5.32 Å². The molecular weight excluding hydrogens is 486 g/mol. The standard InChI is InChI=1S/C21H16Cl3FN2O3S/c22-15-5-7-18(8-6-15)31(29,30)27(12-14-4-9-19(23)20(24)10-14)13-21(28)26-17-3-1-2-16(25)11-17/h1-11H,12-13H2,(H,26,28). The molecule has 162 valence electrons. The van der Waals surface area contributed by atoms with Crippen molar-refractivity contribution in [1.29, 1.82) is 0 Å². The molecule has 1 N–H and O–H groups in total. The van der Waals surface area contributed by atoms with E-state index in [1.54, 1.807) is 12.1 Å². The van der Waals surface area contributed by atoms with Gasteiger partial charge in [0.1, 0.15) is 5.82 Å². The maximum atomic E-state index is 13.4.